The number of rotatable bonds is 3. The van der Waals surface area contributed by atoms with Crippen molar-refractivity contribution in [2.75, 3.05) is 12.4 Å². The largest absolute Gasteiger partial charge is 0.325 e. The Morgan fingerprint density at radius 3 is 2.27 bits per heavy atom. The van der Waals surface area contributed by atoms with Crippen molar-refractivity contribution in [3.8, 4) is 0 Å². The summed E-state index contributed by atoms with van der Waals surface area (Å²) in [4.78, 5) is 39.5. The number of likely N-dealkylation sites (N-methyl/N-ethyl adjacent to an activating group) is 1. The molecule has 2 bridgehead atoms. The molecule has 3 aliphatic carbocycles. The van der Waals surface area contributed by atoms with E-state index in [1.165, 1.54) is 0 Å². The SMILES string of the molecule is CC(=O)C12C=CC3(C=C1)C(=C(C(=O)Nc1ccc(C)cc1)C(=O)N3C)C2. The molecule has 5 rings (SSSR count). The van der Waals surface area contributed by atoms with Crippen LogP contribution in [0.15, 0.2) is 59.7 Å². The zero-order chi connectivity index (χ0) is 18.7. The molecule has 0 unspecified atom stereocenters. The van der Waals surface area contributed by atoms with Gasteiger partial charge in [-0.1, -0.05) is 42.0 Å². The highest BCUT2D eigenvalue weighted by atomic mass is 16.2. The van der Waals surface area contributed by atoms with Crippen LogP contribution in [-0.4, -0.2) is 35.1 Å². The number of anilines is 1. The second kappa shape index (κ2) is 5.27. The fourth-order valence-electron chi connectivity index (χ4n) is 4.02. The van der Waals surface area contributed by atoms with Gasteiger partial charge in [0, 0.05) is 12.7 Å². The molecule has 5 heteroatoms. The number of nitrogens with one attached hydrogen (secondary N) is 1. The number of allylic oxidation sites excluding steroid dienone is 2. The molecule has 0 aromatic heterocycles. The third kappa shape index (κ3) is 2.06. The van der Waals surface area contributed by atoms with E-state index in [1.54, 1.807) is 31.0 Å². The first-order chi connectivity index (χ1) is 12.3. The maximum absolute atomic E-state index is 12.9. The predicted octanol–water partition coefficient (Wildman–Crippen LogP) is 2.55. The second-order valence-electron chi connectivity index (χ2n) is 7.30. The molecule has 0 atom stereocenters. The molecule has 1 spiro atoms. The fraction of sp³-hybridized carbons (Fsp3) is 0.286. The molecule has 0 radical (unpaired) electrons. The quantitative estimate of drug-likeness (QED) is 0.674. The van der Waals surface area contributed by atoms with Crippen molar-refractivity contribution >= 4 is 23.3 Å². The molecule has 0 fully saturated rings. The standard InChI is InChI=1S/C21H20N2O3/c1-13-4-6-15(7-5-13)22-18(25)17-16-12-20(14(2)24)8-10-21(16,11-9-20)23(3)19(17)26/h4-11H,12H2,1-3H3,(H,22,25). The van der Waals surface area contributed by atoms with Crippen molar-refractivity contribution in [3.63, 3.8) is 0 Å². The van der Waals surface area contributed by atoms with E-state index in [2.05, 4.69) is 5.32 Å². The first-order valence-corrected chi connectivity index (χ1v) is 8.61. The van der Waals surface area contributed by atoms with Crippen molar-refractivity contribution in [1.82, 2.24) is 4.90 Å². The minimum atomic E-state index is -0.752. The Bertz CT molecular complexity index is 921. The Morgan fingerprint density at radius 2 is 1.69 bits per heavy atom. The number of hydrogen-bond donors (Lipinski definition) is 1. The Balaban J connectivity index is 1.77. The summed E-state index contributed by atoms with van der Waals surface area (Å²) < 4.78 is 0. The lowest BCUT2D eigenvalue weighted by molar-refractivity contribution is -0.128. The predicted molar refractivity (Wildman–Crippen MR) is 98.3 cm³/mol. The molecule has 132 valence electrons. The van der Waals surface area contributed by atoms with Crippen molar-refractivity contribution in [1.29, 1.82) is 0 Å². The van der Waals surface area contributed by atoms with Crippen molar-refractivity contribution in [2.24, 2.45) is 5.41 Å². The number of hydrogen-bond acceptors (Lipinski definition) is 3. The summed E-state index contributed by atoms with van der Waals surface area (Å²) in [5.74, 6) is -0.739. The smallest absolute Gasteiger partial charge is 0.261 e. The maximum Gasteiger partial charge on any atom is 0.261 e. The number of carbonyl (C=O) groups excluding carboxylic acids is 3. The molecular weight excluding hydrogens is 328 g/mol. The monoisotopic (exact) mass is 348 g/mol. The van der Waals surface area contributed by atoms with Gasteiger partial charge in [-0.05, 0) is 38.0 Å². The minimum Gasteiger partial charge on any atom is -0.325 e. The molecular formula is C21H20N2O3. The van der Waals surface area contributed by atoms with Crippen LogP contribution in [-0.2, 0) is 14.4 Å². The van der Waals surface area contributed by atoms with Gasteiger partial charge in [-0.15, -0.1) is 0 Å². The van der Waals surface area contributed by atoms with E-state index in [-0.39, 0.29) is 17.3 Å². The van der Waals surface area contributed by atoms with Crippen molar-refractivity contribution in [3.05, 3.63) is 65.3 Å². The number of Topliss-reactive ketones (excluding diaryl/α,β-unsaturated/α-hetero) is 1. The number of amides is 2. The lowest BCUT2D eigenvalue weighted by Gasteiger charge is -2.45. The third-order valence-electron chi connectivity index (χ3n) is 5.79. The van der Waals surface area contributed by atoms with Crippen molar-refractivity contribution in [2.45, 2.75) is 25.8 Å². The van der Waals surface area contributed by atoms with Gasteiger partial charge in [0.25, 0.3) is 11.8 Å². The van der Waals surface area contributed by atoms with Gasteiger partial charge in [-0.3, -0.25) is 14.4 Å². The Kier molecular flexibility index (Phi) is 3.35. The van der Waals surface area contributed by atoms with Gasteiger partial charge in [0.15, 0.2) is 0 Å². The molecule has 0 saturated carbocycles. The van der Waals surface area contributed by atoms with Gasteiger partial charge < -0.3 is 10.2 Å². The third-order valence-corrected chi connectivity index (χ3v) is 5.79. The Labute approximate surface area is 152 Å². The van der Waals surface area contributed by atoms with Gasteiger partial charge in [0.05, 0.1) is 5.41 Å². The highest BCUT2D eigenvalue weighted by molar-refractivity contribution is 6.25. The van der Waals surface area contributed by atoms with E-state index >= 15 is 0 Å². The van der Waals surface area contributed by atoms with Gasteiger partial charge >= 0.3 is 0 Å². The van der Waals surface area contributed by atoms with Gasteiger partial charge in [-0.2, -0.15) is 0 Å². The zero-order valence-electron chi connectivity index (χ0n) is 15.0. The number of benzene rings is 1. The van der Waals surface area contributed by atoms with Gasteiger partial charge in [0.2, 0.25) is 0 Å². The highest BCUT2D eigenvalue weighted by Gasteiger charge is 2.56. The summed E-state index contributed by atoms with van der Waals surface area (Å²) in [6.07, 6.45) is 7.84. The normalized spacial score (nSPS) is 28.6. The van der Waals surface area contributed by atoms with E-state index in [0.717, 1.165) is 5.56 Å². The second-order valence-corrected chi connectivity index (χ2v) is 7.30. The van der Waals surface area contributed by atoms with Crippen LogP contribution in [0.25, 0.3) is 0 Å². The maximum atomic E-state index is 12.9. The number of nitrogens with zero attached hydrogens (tertiary/aromatic N) is 1. The highest BCUT2D eigenvalue weighted by Crippen LogP contribution is 2.53. The molecule has 1 heterocycles. The number of ketones is 1. The number of aryl methyl sites for hydroxylation is 1. The van der Waals surface area contributed by atoms with Crippen LogP contribution in [0.3, 0.4) is 0 Å². The first kappa shape index (κ1) is 16.5. The molecule has 1 aromatic rings. The number of carbonyl (C=O) groups is 3. The topological polar surface area (TPSA) is 66.5 Å². The van der Waals surface area contributed by atoms with E-state index < -0.39 is 16.9 Å². The summed E-state index contributed by atoms with van der Waals surface area (Å²) >= 11 is 0. The van der Waals surface area contributed by atoms with E-state index in [1.807, 2.05) is 43.4 Å². The molecule has 5 nitrogen and oxygen atoms in total. The lowest BCUT2D eigenvalue weighted by Crippen LogP contribution is -2.49. The van der Waals surface area contributed by atoms with Crippen LogP contribution < -0.4 is 5.32 Å². The Morgan fingerprint density at radius 1 is 1.08 bits per heavy atom. The average Bonchev–Trinajstić information content (AvgIpc) is 2.85. The Hall–Kier alpha value is -2.95. The van der Waals surface area contributed by atoms with E-state index in [4.69, 9.17) is 0 Å². The van der Waals surface area contributed by atoms with E-state index in [0.29, 0.717) is 17.7 Å². The molecule has 4 aliphatic rings. The molecule has 0 saturated heterocycles. The van der Waals surface area contributed by atoms with Gasteiger partial charge in [-0.25, -0.2) is 0 Å². The van der Waals surface area contributed by atoms with Crippen LogP contribution >= 0.6 is 0 Å². The molecule has 2 amide bonds. The lowest BCUT2D eigenvalue weighted by atomic mass is 9.62. The molecule has 26 heavy (non-hydrogen) atoms. The molecule has 1 N–H and O–H groups in total. The van der Waals surface area contributed by atoms with Crippen LogP contribution in [0, 0.1) is 12.3 Å². The fourth-order valence-corrected chi connectivity index (χ4v) is 4.02. The summed E-state index contributed by atoms with van der Waals surface area (Å²) in [5, 5.41) is 2.82. The average molecular weight is 348 g/mol. The first-order valence-electron chi connectivity index (χ1n) is 8.61. The van der Waals surface area contributed by atoms with Crippen LogP contribution in [0.2, 0.25) is 0 Å². The molecule has 1 aliphatic heterocycles. The summed E-state index contributed by atoms with van der Waals surface area (Å²) in [5.41, 5.74) is 1.09. The summed E-state index contributed by atoms with van der Waals surface area (Å²) in [6, 6.07) is 7.41. The van der Waals surface area contributed by atoms with Crippen molar-refractivity contribution < 1.29 is 14.4 Å². The zero-order valence-corrected chi connectivity index (χ0v) is 15.0. The minimum absolute atomic E-state index is 0.00564. The summed E-state index contributed by atoms with van der Waals surface area (Å²) in [7, 11) is 1.69. The molecule has 1 aromatic carbocycles. The van der Waals surface area contributed by atoms with Crippen LogP contribution in [0.1, 0.15) is 18.9 Å². The van der Waals surface area contributed by atoms with Gasteiger partial charge in [0.1, 0.15) is 16.9 Å². The summed E-state index contributed by atoms with van der Waals surface area (Å²) in [6.45, 7) is 3.51. The van der Waals surface area contributed by atoms with E-state index in [9.17, 15) is 14.4 Å². The van der Waals surface area contributed by atoms with Crippen LogP contribution in [0.5, 0.6) is 0 Å². The van der Waals surface area contributed by atoms with Crippen LogP contribution in [0.4, 0.5) is 5.69 Å².